The third-order valence-electron chi connectivity index (χ3n) is 3.00. The van der Waals surface area contributed by atoms with Gasteiger partial charge in [0.05, 0.1) is 9.82 Å². The molecule has 0 amide bonds. The van der Waals surface area contributed by atoms with E-state index >= 15 is 0 Å². The van der Waals surface area contributed by atoms with Crippen LogP contribution in [-0.2, 0) is 10.0 Å². The van der Waals surface area contributed by atoms with Crippen LogP contribution in [0.25, 0.3) is 0 Å². The van der Waals surface area contributed by atoms with Crippen LogP contribution in [0, 0.1) is 10.1 Å². The summed E-state index contributed by atoms with van der Waals surface area (Å²) in [6.45, 7) is 1.05. The van der Waals surface area contributed by atoms with Gasteiger partial charge in [0.1, 0.15) is 0 Å². The normalized spacial score (nSPS) is 17.6. The maximum Gasteiger partial charge on any atom is 0.269 e. The molecule has 1 aromatic rings. The highest BCUT2D eigenvalue weighted by atomic mass is 32.2. The number of benzene rings is 1. The van der Waals surface area contributed by atoms with Crippen molar-refractivity contribution in [2.45, 2.75) is 24.2 Å². The summed E-state index contributed by atoms with van der Waals surface area (Å²) in [6.07, 6.45) is 2.78. The second kappa shape index (κ2) is 5.03. The fourth-order valence-corrected chi connectivity index (χ4v) is 3.51. The first-order chi connectivity index (χ1) is 8.51. The summed E-state index contributed by atoms with van der Waals surface area (Å²) in [5.74, 6) is 0. The molecule has 1 aliphatic heterocycles. The molecular formula is C11H14N2O4S. The number of nitrogens with zero attached hydrogens (tertiary/aromatic N) is 2. The Labute approximate surface area is 105 Å². The van der Waals surface area contributed by atoms with Gasteiger partial charge in [0, 0.05) is 25.2 Å². The van der Waals surface area contributed by atoms with Gasteiger partial charge in [0.2, 0.25) is 10.0 Å². The molecule has 1 saturated heterocycles. The quantitative estimate of drug-likeness (QED) is 0.619. The van der Waals surface area contributed by atoms with Crippen LogP contribution >= 0.6 is 0 Å². The highest BCUT2D eigenvalue weighted by Gasteiger charge is 2.26. The molecule has 0 aromatic heterocycles. The van der Waals surface area contributed by atoms with Gasteiger partial charge in [-0.3, -0.25) is 10.1 Å². The van der Waals surface area contributed by atoms with Crippen molar-refractivity contribution in [3.8, 4) is 0 Å². The molecule has 18 heavy (non-hydrogen) atoms. The van der Waals surface area contributed by atoms with Crippen LogP contribution in [0.1, 0.15) is 19.3 Å². The monoisotopic (exact) mass is 270 g/mol. The van der Waals surface area contributed by atoms with Crippen molar-refractivity contribution < 1.29 is 13.3 Å². The number of hydrogen-bond donors (Lipinski definition) is 0. The summed E-state index contributed by atoms with van der Waals surface area (Å²) < 4.78 is 25.9. The van der Waals surface area contributed by atoms with Crippen molar-refractivity contribution >= 4 is 15.7 Å². The van der Waals surface area contributed by atoms with Crippen LogP contribution in [-0.4, -0.2) is 30.7 Å². The van der Waals surface area contributed by atoms with E-state index in [1.165, 1.54) is 28.6 Å². The predicted molar refractivity (Wildman–Crippen MR) is 65.7 cm³/mol. The fourth-order valence-electron chi connectivity index (χ4n) is 1.99. The number of non-ortho nitro benzene ring substituents is 1. The van der Waals surface area contributed by atoms with Gasteiger partial charge in [-0.1, -0.05) is 6.42 Å². The maximum absolute atomic E-state index is 12.2. The number of piperidine rings is 1. The van der Waals surface area contributed by atoms with Crippen LogP contribution in [0.4, 0.5) is 5.69 Å². The van der Waals surface area contributed by atoms with Gasteiger partial charge in [-0.2, -0.15) is 4.31 Å². The van der Waals surface area contributed by atoms with Crippen LogP contribution in [0.5, 0.6) is 0 Å². The van der Waals surface area contributed by atoms with Gasteiger partial charge >= 0.3 is 0 Å². The molecule has 0 N–H and O–H groups in total. The largest absolute Gasteiger partial charge is 0.269 e. The molecule has 6 nitrogen and oxygen atoms in total. The molecule has 0 radical (unpaired) electrons. The number of nitro benzene ring substituents is 1. The lowest BCUT2D eigenvalue weighted by atomic mass is 10.2. The third-order valence-corrected chi connectivity index (χ3v) is 4.91. The van der Waals surface area contributed by atoms with Gasteiger partial charge in [-0.25, -0.2) is 8.42 Å². The first-order valence-corrected chi connectivity index (χ1v) is 7.20. The zero-order valence-corrected chi connectivity index (χ0v) is 10.6. The summed E-state index contributed by atoms with van der Waals surface area (Å²) >= 11 is 0. The van der Waals surface area contributed by atoms with Gasteiger partial charge in [-0.05, 0) is 25.0 Å². The molecule has 1 aromatic carbocycles. The maximum atomic E-state index is 12.2. The molecule has 7 heteroatoms. The molecule has 0 atom stereocenters. The molecule has 0 unspecified atom stereocenters. The van der Waals surface area contributed by atoms with Gasteiger partial charge < -0.3 is 0 Å². The first kappa shape index (κ1) is 13.0. The Balaban J connectivity index is 2.26. The number of nitro groups is 1. The van der Waals surface area contributed by atoms with Crippen molar-refractivity contribution in [1.29, 1.82) is 0 Å². The van der Waals surface area contributed by atoms with E-state index in [0.29, 0.717) is 13.1 Å². The number of sulfonamides is 1. The minimum Gasteiger partial charge on any atom is -0.258 e. The van der Waals surface area contributed by atoms with E-state index < -0.39 is 14.9 Å². The van der Waals surface area contributed by atoms with Gasteiger partial charge in [0.15, 0.2) is 0 Å². The second-order valence-electron chi connectivity index (χ2n) is 4.22. The SMILES string of the molecule is O=[N+]([O-])c1ccc(S(=O)(=O)N2CCCCC2)cc1. The van der Waals surface area contributed by atoms with Crippen molar-refractivity contribution in [2.75, 3.05) is 13.1 Å². The van der Waals surface area contributed by atoms with Crippen LogP contribution in [0.15, 0.2) is 29.2 Å². The average Bonchev–Trinajstić information content (AvgIpc) is 2.40. The van der Waals surface area contributed by atoms with E-state index in [2.05, 4.69) is 0 Å². The van der Waals surface area contributed by atoms with Crippen molar-refractivity contribution in [3.05, 3.63) is 34.4 Å². The summed E-state index contributed by atoms with van der Waals surface area (Å²) in [4.78, 5) is 10.1. The van der Waals surface area contributed by atoms with Crippen LogP contribution < -0.4 is 0 Å². The summed E-state index contributed by atoms with van der Waals surface area (Å²) in [6, 6.07) is 5.03. The fraction of sp³-hybridized carbons (Fsp3) is 0.455. The average molecular weight is 270 g/mol. The smallest absolute Gasteiger partial charge is 0.258 e. The molecule has 0 aliphatic carbocycles. The van der Waals surface area contributed by atoms with Crippen molar-refractivity contribution in [3.63, 3.8) is 0 Å². The molecule has 1 aliphatic rings. The van der Waals surface area contributed by atoms with E-state index in [4.69, 9.17) is 0 Å². The van der Waals surface area contributed by atoms with Gasteiger partial charge in [-0.15, -0.1) is 0 Å². The Morgan fingerprint density at radius 3 is 2.11 bits per heavy atom. The number of hydrogen-bond acceptors (Lipinski definition) is 4. The van der Waals surface area contributed by atoms with Gasteiger partial charge in [0.25, 0.3) is 5.69 Å². The Bertz CT molecular complexity index is 533. The Morgan fingerprint density at radius 1 is 1.06 bits per heavy atom. The predicted octanol–water partition coefficient (Wildman–Crippen LogP) is 1.77. The summed E-state index contributed by atoms with van der Waals surface area (Å²) in [5, 5.41) is 10.5. The second-order valence-corrected chi connectivity index (χ2v) is 6.15. The highest BCUT2D eigenvalue weighted by Crippen LogP contribution is 2.22. The lowest BCUT2D eigenvalue weighted by molar-refractivity contribution is -0.384. The number of rotatable bonds is 3. The molecular weight excluding hydrogens is 256 g/mol. The third kappa shape index (κ3) is 2.51. The molecule has 98 valence electrons. The molecule has 0 spiro atoms. The van der Waals surface area contributed by atoms with E-state index in [9.17, 15) is 18.5 Å². The Kier molecular flexibility index (Phi) is 3.63. The molecule has 1 fully saturated rings. The van der Waals surface area contributed by atoms with Crippen LogP contribution in [0.2, 0.25) is 0 Å². The Hall–Kier alpha value is -1.47. The van der Waals surface area contributed by atoms with E-state index in [0.717, 1.165) is 19.3 Å². The lowest BCUT2D eigenvalue weighted by Gasteiger charge is -2.25. The highest BCUT2D eigenvalue weighted by molar-refractivity contribution is 7.89. The van der Waals surface area contributed by atoms with E-state index in [1.54, 1.807) is 0 Å². The van der Waals surface area contributed by atoms with Crippen molar-refractivity contribution in [2.24, 2.45) is 0 Å². The van der Waals surface area contributed by atoms with Crippen molar-refractivity contribution in [1.82, 2.24) is 4.31 Å². The first-order valence-electron chi connectivity index (χ1n) is 5.76. The Morgan fingerprint density at radius 2 is 1.61 bits per heavy atom. The molecule has 2 rings (SSSR count). The summed E-state index contributed by atoms with van der Waals surface area (Å²) in [7, 11) is -3.49. The van der Waals surface area contributed by atoms with E-state index in [1.807, 2.05) is 0 Å². The molecule has 0 bridgehead atoms. The minimum atomic E-state index is -3.49. The van der Waals surface area contributed by atoms with E-state index in [-0.39, 0.29) is 10.6 Å². The molecule has 0 saturated carbocycles. The lowest BCUT2D eigenvalue weighted by Crippen LogP contribution is -2.35. The molecule has 1 heterocycles. The zero-order chi connectivity index (χ0) is 13.2. The minimum absolute atomic E-state index is 0.104. The summed E-state index contributed by atoms with van der Waals surface area (Å²) in [5.41, 5.74) is -0.104. The topological polar surface area (TPSA) is 80.5 Å². The standard InChI is InChI=1S/C11H14N2O4S/c14-13(15)10-4-6-11(7-5-10)18(16,17)12-8-2-1-3-9-12/h4-7H,1-3,8-9H2. The zero-order valence-electron chi connectivity index (χ0n) is 9.78. The van der Waals surface area contributed by atoms with Crippen LogP contribution in [0.3, 0.4) is 0 Å².